The average Bonchev–Trinajstić information content (AvgIpc) is 0.810. The first-order valence-electron chi connectivity index (χ1n) is 34.5. The second kappa shape index (κ2) is 46.5. The zero-order valence-electron chi connectivity index (χ0n) is 60.0. The quantitative estimate of drug-likeness (QED) is 0.00963. The highest BCUT2D eigenvalue weighted by Crippen LogP contribution is 2.30. The third-order valence-electron chi connectivity index (χ3n) is 17.1. The number of primary amides is 1. The van der Waals surface area contributed by atoms with Gasteiger partial charge in [-0.1, -0.05) is 95.1 Å². The summed E-state index contributed by atoms with van der Waals surface area (Å²) in [5, 5.41) is 40.8. The van der Waals surface area contributed by atoms with E-state index < -0.39 is 186 Å². The van der Waals surface area contributed by atoms with Gasteiger partial charge in [-0.2, -0.15) is 25.3 Å². The predicted molar refractivity (Wildman–Crippen MR) is 400 cm³/mol. The highest BCUT2D eigenvalue weighted by Gasteiger charge is 2.39. The largest absolute Gasteiger partial charge is 0.481 e. The van der Waals surface area contributed by atoms with Gasteiger partial charge in [0, 0.05) is 31.0 Å². The molecule has 2 unspecified atom stereocenters. The number of Topliss-reactive ketones (excluding diaryl/α,β-unsaturated/α-hetero) is 1. The van der Waals surface area contributed by atoms with Crippen molar-refractivity contribution < 1.29 is 72.2 Å². The van der Waals surface area contributed by atoms with E-state index in [0.29, 0.717) is 12.1 Å². The van der Waals surface area contributed by atoms with Gasteiger partial charge in [0.05, 0.1) is 43.7 Å². The van der Waals surface area contributed by atoms with Crippen molar-refractivity contribution in [3.63, 3.8) is 0 Å². The number of carboxylic acid groups (broad SMARTS) is 1. The first-order chi connectivity index (χ1) is 50.1. The molecule has 0 aliphatic carbocycles. The normalized spacial score (nSPS) is 15.9. The highest BCUT2D eigenvalue weighted by atomic mass is 32.1. The standard InChI is InChI=1S/C66H105N23O15S2/c1-6-33(3)50(88-58(99)42(19-13-24-76-64(69)70)81-48(91)30-78-47(90)29-79-57(98)44(27-36-15-9-8-10-16-36)84-55(96)35(5)80-56(97)39(67)31-105)62(103)85-45(28-49(92)93)60(101)83-43(20-14-25-77-65(71)72)59(100)89-51(34(4)7-2)63(104)86-46(32-106)61(102)82-41(53(94)54(68)95)22-21-40(87-66(73)74)52-38-18-12-11-17-37(38)23-26-75-52/h8-12,15-18,33-35,39-46,50-52,75,105-106H,6-7,13-14,19-32,67H2,1-5H3,(H2,68,95)(H,78,90)(H,79,98)(H,80,97)(H,81,91)(H,82,102)(H,83,101)(H,84,96)(H,85,103)(H,86,104)(H,88,99)(H,89,100)(H,92,93)(H4,69,70,76)(H4,71,72,77)(H4,73,74,87)/t33-,34-,35+,39-,40?,41-,42-,43-,44-,45-,46-,50-,51-,52?/m0/s1. The van der Waals surface area contributed by atoms with Crippen LogP contribution in [-0.4, -0.2) is 216 Å². The fourth-order valence-corrected chi connectivity index (χ4v) is 11.3. The highest BCUT2D eigenvalue weighted by molar-refractivity contribution is 7.80. The maximum Gasteiger partial charge on any atom is 0.305 e. The van der Waals surface area contributed by atoms with Crippen LogP contribution < -0.4 is 110 Å². The van der Waals surface area contributed by atoms with E-state index in [1.54, 1.807) is 58.0 Å². The molecule has 14 atom stereocenters. The number of nitrogens with two attached hydrogens (primary N) is 8. The number of nitrogens with zero attached hydrogens (tertiary/aromatic N) is 3. The smallest absolute Gasteiger partial charge is 0.305 e. The summed E-state index contributed by atoms with van der Waals surface area (Å²) in [4.78, 5) is 202. The number of carbonyl (C=O) groups is 14. The van der Waals surface area contributed by atoms with Gasteiger partial charge in [0.15, 0.2) is 17.9 Å². The number of aliphatic carboxylic acids is 1. The third-order valence-corrected chi connectivity index (χ3v) is 17.9. The van der Waals surface area contributed by atoms with E-state index in [4.69, 9.17) is 45.9 Å². The fourth-order valence-electron chi connectivity index (χ4n) is 10.9. The molecule has 0 saturated carbocycles. The number of benzene rings is 2. The van der Waals surface area contributed by atoms with Gasteiger partial charge in [0.1, 0.15) is 48.3 Å². The molecule has 2 aromatic carbocycles. The number of ketones is 1. The van der Waals surface area contributed by atoms with Crippen molar-refractivity contribution in [1.29, 1.82) is 0 Å². The summed E-state index contributed by atoms with van der Waals surface area (Å²) >= 11 is 8.28. The molecule has 0 bridgehead atoms. The third kappa shape index (κ3) is 31.5. The number of carboxylic acids is 1. The van der Waals surface area contributed by atoms with Gasteiger partial charge in [-0.05, 0) is 86.9 Å². The van der Waals surface area contributed by atoms with Crippen molar-refractivity contribution in [2.45, 2.75) is 178 Å². The molecule has 0 radical (unpaired) electrons. The number of fused-ring (bicyclic) bond motifs is 1. The van der Waals surface area contributed by atoms with E-state index in [2.05, 4.69) is 104 Å². The number of nitrogens with one attached hydrogen (secondary N) is 12. The van der Waals surface area contributed by atoms with Gasteiger partial charge in [0.25, 0.3) is 5.91 Å². The molecule has 0 spiro atoms. The Morgan fingerprint density at radius 3 is 1.55 bits per heavy atom. The van der Waals surface area contributed by atoms with Gasteiger partial charge in [-0.25, -0.2) is 4.99 Å². The molecular weight excluding hydrogens is 1420 g/mol. The molecule has 1 heterocycles. The van der Waals surface area contributed by atoms with Crippen LogP contribution in [0.4, 0.5) is 0 Å². The topological polar surface area (TPSA) is 649 Å². The summed E-state index contributed by atoms with van der Waals surface area (Å²) in [6, 6.07) is 0.497. The number of thiol groups is 2. The summed E-state index contributed by atoms with van der Waals surface area (Å²) in [5.41, 5.74) is 47.5. The van der Waals surface area contributed by atoms with Gasteiger partial charge in [-0.3, -0.25) is 77.1 Å². The minimum atomic E-state index is -1.96. The van der Waals surface area contributed by atoms with Crippen molar-refractivity contribution in [1.82, 2.24) is 63.8 Å². The van der Waals surface area contributed by atoms with E-state index in [-0.39, 0.29) is 100 Å². The molecule has 29 N–H and O–H groups in total. The Hall–Kier alpha value is -10.4. The number of hydrogen-bond donors (Lipinski definition) is 23. The molecular formula is C66H105N23O15S2. The monoisotopic (exact) mass is 1520 g/mol. The number of hydrogen-bond acceptors (Lipinski definition) is 21. The Morgan fingerprint density at radius 1 is 0.519 bits per heavy atom. The maximum absolute atomic E-state index is 14.5. The van der Waals surface area contributed by atoms with Crippen molar-refractivity contribution in [2.75, 3.05) is 44.2 Å². The van der Waals surface area contributed by atoms with E-state index in [9.17, 15) is 72.2 Å². The summed E-state index contributed by atoms with van der Waals surface area (Å²) < 4.78 is 0. The lowest BCUT2D eigenvalue weighted by atomic mass is 9.87. The Bertz CT molecular complexity index is 3450. The molecule has 1 aliphatic heterocycles. The number of aliphatic imine (C=N–C) groups is 3. The Kier molecular flexibility index (Phi) is 39.4. The van der Waals surface area contributed by atoms with Crippen LogP contribution in [0, 0.1) is 11.8 Å². The van der Waals surface area contributed by atoms with Crippen LogP contribution in [-0.2, 0) is 80.0 Å². The lowest BCUT2D eigenvalue weighted by Crippen LogP contribution is -2.61. The Balaban J connectivity index is 1.84. The van der Waals surface area contributed by atoms with Crippen LogP contribution in [0.1, 0.15) is 115 Å². The molecule has 12 amide bonds. The molecule has 586 valence electrons. The van der Waals surface area contributed by atoms with Gasteiger partial charge >= 0.3 is 5.97 Å². The average molecular weight is 1520 g/mol. The maximum atomic E-state index is 14.5. The van der Waals surface area contributed by atoms with Crippen LogP contribution in [0.2, 0.25) is 0 Å². The molecule has 0 saturated heterocycles. The van der Waals surface area contributed by atoms with Crippen LogP contribution in [0.3, 0.4) is 0 Å². The molecule has 0 aromatic heterocycles. The number of rotatable bonds is 47. The fraction of sp³-hybridized carbons (Fsp3) is 0.561. The molecule has 38 nitrogen and oxygen atoms in total. The molecule has 1 aliphatic rings. The number of carbonyl (C=O) groups excluding carboxylic acids is 13. The first-order valence-corrected chi connectivity index (χ1v) is 35.8. The lowest BCUT2D eigenvalue weighted by Gasteiger charge is -2.32. The zero-order chi connectivity index (χ0) is 79.3. The minimum absolute atomic E-state index is 0.00269. The van der Waals surface area contributed by atoms with Gasteiger partial charge in [0.2, 0.25) is 70.8 Å². The lowest BCUT2D eigenvalue weighted by molar-refractivity contribution is -0.142. The predicted octanol–water partition coefficient (Wildman–Crippen LogP) is -6.93. The first kappa shape index (κ1) is 89.9. The van der Waals surface area contributed by atoms with Crippen molar-refractivity contribution in [3.05, 3.63) is 71.3 Å². The molecule has 40 heteroatoms. The summed E-state index contributed by atoms with van der Waals surface area (Å²) in [5.74, 6) is -17.1. The number of amides is 12. The second-order valence-electron chi connectivity index (χ2n) is 25.4. The van der Waals surface area contributed by atoms with E-state index in [0.717, 1.165) is 17.5 Å². The molecule has 3 rings (SSSR count). The van der Waals surface area contributed by atoms with Crippen LogP contribution in [0.15, 0.2) is 69.6 Å². The summed E-state index contributed by atoms with van der Waals surface area (Å²) in [6.07, 6.45) is -0.526. The van der Waals surface area contributed by atoms with Gasteiger partial charge in [-0.15, -0.1) is 0 Å². The Morgan fingerprint density at radius 2 is 1.02 bits per heavy atom. The SMILES string of the molecule is CC[C@H](C)[C@H](NC(=O)[C@H](CCCN=C(N)N)NC(=O)CNC(=O)CNC(=O)[C@H](Cc1ccccc1)NC(=O)[C@@H](C)NC(=O)[C@@H](N)CS)C(=O)N[C@@H](CC(=O)O)C(=O)N[C@@H](CCCN=C(N)N)C(=O)N[C@H](C(=O)N[C@@H](CS)C(=O)N[C@@H](CCC(N=C(N)N)C1NCCc2ccccc21)C(=O)C(N)=O)[C@@H](C)CC. The van der Waals surface area contributed by atoms with Crippen molar-refractivity contribution in [2.24, 2.45) is 72.7 Å². The van der Waals surface area contributed by atoms with Crippen LogP contribution in [0.25, 0.3) is 0 Å². The van der Waals surface area contributed by atoms with Crippen LogP contribution >= 0.6 is 25.3 Å². The molecule has 2 aromatic rings. The molecule has 106 heavy (non-hydrogen) atoms. The van der Waals surface area contributed by atoms with Gasteiger partial charge < -0.3 is 115 Å². The minimum Gasteiger partial charge on any atom is -0.481 e. The van der Waals surface area contributed by atoms with Crippen molar-refractivity contribution in [3.8, 4) is 0 Å². The van der Waals surface area contributed by atoms with E-state index in [1.807, 2.05) is 24.3 Å². The second-order valence-corrected chi connectivity index (χ2v) is 26.1. The van der Waals surface area contributed by atoms with Crippen LogP contribution in [0.5, 0.6) is 0 Å². The van der Waals surface area contributed by atoms with E-state index >= 15 is 0 Å². The van der Waals surface area contributed by atoms with Crippen molar-refractivity contribution >= 4 is 126 Å². The zero-order valence-corrected chi connectivity index (χ0v) is 61.8. The number of guanidine groups is 3. The molecule has 0 fully saturated rings. The Labute approximate surface area is 625 Å². The summed E-state index contributed by atoms with van der Waals surface area (Å²) in [7, 11) is 0. The summed E-state index contributed by atoms with van der Waals surface area (Å²) in [6.45, 7) is 6.85. The van der Waals surface area contributed by atoms with E-state index in [1.165, 1.54) is 6.92 Å².